The average Bonchev–Trinajstić information content (AvgIpc) is 3.61. The van der Waals surface area contributed by atoms with Crippen molar-refractivity contribution in [3.63, 3.8) is 0 Å². The molecule has 2 aliphatic rings. The fraction of sp³-hybridized carbons (Fsp3) is 0.462. The molecule has 1 N–H and O–H groups in total. The van der Waals surface area contributed by atoms with Crippen LogP contribution >= 0.6 is 22.6 Å². The van der Waals surface area contributed by atoms with Gasteiger partial charge in [-0.1, -0.05) is 0 Å². The lowest BCUT2D eigenvalue weighted by Crippen LogP contribution is -2.56. The summed E-state index contributed by atoms with van der Waals surface area (Å²) in [5.74, 6) is -0.437. The van der Waals surface area contributed by atoms with Gasteiger partial charge in [0.1, 0.15) is 22.6 Å². The zero-order valence-corrected chi connectivity index (χ0v) is 24.0. The molecule has 1 saturated carbocycles. The lowest BCUT2D eigenvalue weighted by Gasteiger charge is -2.41. The minimum atomic E-state index is -0.668. The fourth-order valence-electron chi connectivity index (χ4n) is 4.80. The normalized spacial score (nSPS) is 16.0. The number of nitrogens with zero attached hydrogens (tertiary/aromatic N) is 4. The minimum Gasteiger partial charge on any atom is -0.444 e. The summed E-state index contributed by atoms with van der Waals surface area (Å²) in [4.78, 5) is 54.9. The highest BCUT2D eigenvalue weighted by Gasteiger charge is 2.39. The van der Waals surface area contributed by atoms with Crippen molar-refractivity contribution in [1.82, 2.24) is 18.6 Å². The molecular formula is C26H29FIN5O5. The van der Waals surface area contributed by atoms with Crippen LogP contribution in [0.4, 0.5) is 20.7 Å². The Labute approximate surface area is 231 Å². The summed E-state index contributed by atoms with van der Waals surface area (Å²) in [5, 5.41) is 3.08. The van der Waals surface area contributed by atoms with Crippen molar-refractivity contribution in [2.24, 2.45) is 7.05 Å². The van der Waals surface area contributed by atoms with Gasteiger partial charge in [0.15, 0.2) is 0 Å². The maximum atomic E-state index is 14.8. The highest BCUT2D eigenvalue weighted by molar-refractivity contribution is 14.1. The number of halogens is 2. The average molecular weight is 637 g/mol. The molecule has 3 aromatic rings. The first kappa shape index (κ1) is 26.4. The number of fused-ring (bicyclic) bond motifs is 1. The quantitative estimate of drug-likeness (QED) is 0.437. The highest BCUT2D eigenvalue weighted by Crippen LogP contribution is 2.35. The van der Waals surface area contributed by atoms with E-state index < -0.39 is 40.4 Å². The number of amides is 1. The zero-order chi connectivity index (χ0) is 27.7. The van der Waals surface area contributed by atoms with Crippen molar-refractivity contribution in [2.45, 2.75) is 58.2 Å². The second-order valence-corrected chi connectivity index (χ2v) is 12.2. The Hall–Kier alpha value is -3.16. The number of carbonyl (C=O) groups is 1. The molecule has 1 aliphatic heterocycles. The van der Waals surface area contributed by atoms with Crippen LogP contribution in [-0.2, 0) is 11.8 Å². The van der Waals surface area contributed by atoms with Crippen LogP contribution in [0.25, 0.3) is 10.9 Å². The van der Waals surface area contributed by atoms with E-state index in [9.17, 15) is 23.6 Å². The van der Waals surface area contributed by atoms with Crippen molar-refractivity contribution < 1.29 is 13.9 Å². The van der Waals surface area contributed by atoms with E-state index in [4.69, 9.17) is 4.74 Å². The molecule has 2 fully saturated rings. The second kappa shape index (κ2) is 9.24. The molecule has 1 aliphatic carbocycles. The van der Waals surface area contributed by atoms with Crippen molar-refractivity contribution in [1.29, 1.82) is 0 Å². The van der Waals surface area contributed by atoms with Gasteiger partial charge < -0.3 is 15.0 Å². The summed E-state index contributed by atoms with van der Waals surface area (Å²) in [5.41, 5.74) is -1.61. The van der Waals surface area contributed by atoms with Crippen LogP contribution in [0.1, 0.15) is 51.3 Å². The van der Waals surface area contributed by atoms with E-state index in [-0.39, 0.29) is 47.1 Å². The van der Waals surface area contributed by atoms with Crippen LogP contribution < -0.4 is 22.1 Å². The molecule has 0 bridgehead atoms. The molecule has 5 rings (SSSR count). The van der Waals surface area contributed by atoms with Gasteiger partial charge in [-0.15, -0.1) is 0 Å². The Morgan fingerprint density at radius 3 is 2.32 bits per heavy atom. The maximum Gasteiger partial charge on any atom is 0.410 e. The summed E-state index contributed by atoms with van der Waals surface area (Å²) < 4.78 is 24.9. The topological polar surface area (TPSA) is 108 Å². The number of likely N-dealkylation sites (tertiary alicyclic amines) is 1. The van der Waals surface area contributed by atoms with Gasteiger partial charge in [0.2, 0.25) is 0 Å². The fourth-order valence-corrected chi connectivity index (χ4v) is 5.25. The highest BCUT2D eigenvalue weighted by atomic mass is 127. The van der Waals surface area contributed by atoms with Gasteiger partial charge in [-0.05, 0) is 81.3 Å². The molecule has 0 radical (unpaired) electrons. The minimum absolute atomic E-state index is 0.0976. The number of ether oxygens (including phenoxy) is 1. The predicted octanol–water partition coefficient (Wildman–Crippen LogP) is 3.78. The van der Waals surface area contributed by atoms with E-state index in [1.165, 1.54) is 37.8 Å². The molecule has 3 heterocycles. The van der Waals surface area contributed by atoms with Crippen molar-refractivity contribution in [3.05, 3.63) is 64.3 Å². The molecule has 2 aromatic heterocycles. The molecule has 1 amide bonds. The van der Waals surface area contributed by atoms with E-state index >= 15 is 0 Å². The second-order valence-electron chi connectivity index (χ2n) is 10.9. The zero-order valence-electron chi connectivity index (χ0n) is 21.8. The number of benzene rings is 1. The summed E-state index contributed by atoms with van der Waals surface area (Å²) >= 11 is 1.99. The SMILES string of the molecule is Cc1c(=O)n(C)c(Nc2ccc(I)cc2F)c2c(=O)n(C3CC3)c(=O)n(C3CN(C(=O)OC(C)(C)C)C3)c12. The number of carbonyl (C=O) groups excluding carboxylic acids is 1. The molecular weight excluding hydrogens is 608 g/mol. The third-order valence-electron chi connectivity index (χ3n) is 6.85. The van der Waals surface area contributed by atoms with Crippen LogP contribution in [-0.4, -0.2) is 43.4 Å². The number of rotatable bonds is 4. The number of aromatic nitrogens is 3. The third kappa shape index (κ3) is 4.52. The number of nitrogens with one attached hydrogen (secondary N) is 1. The first-order valence-corrected chi connectivity index (χ1v) is 13.5. The molecule has 1 aromatic carbocycles. The van der Waals surface area contributed by atoms with Crippen LogP contribution in [0.2, 0.25) is 0 Å². The first-order chi connectivity index (χ1) is 17.8. The molecule has 0 unspecified atom stereocenters. The predicted molar refractivity (Wildman–Crippen MR) is 150 cm³/mol. The number of aryl methyl sites for hydroxylation is 1. The first-order valence-electron chi connectivity index (χ1n) is 12.4. The largest absolute Gasteiger partial charge is 0.444 e. The molecule has 38 heavy (non-hydrogen) atoms. The number of anilines is 2. The monoisotopic (exact) mass is 637 g/mol. The van der Waals surface area contributed by atoms with Crippen LogP contribution in [0.5, 0.6) is 0 Å². The van der Waals surface area contributed by atoms with Crippen molar-refractivity contribution in [3.8, 4) is 0 Å². The Balaban J connectivity index is 1.71. The van der Waals surface area contributed by atoms with Gasteiger partial charge in [-0.25, -0.2) is 14.0 Å². The Morgan fingerprint density at radius 2 is 1.74 bits per heavy atom. The van der Waals surface area contributed by atoms with Crippen molar-refractivity contribution in [2.75, 3.05) is 18.4 Å². The Kier molecular flexibility index (Phi) is 6.43. The molecule has 202 valence electrons. The van der Waals surface area contributed by atoms with E-state index in [0.717, 1.165) is 0 Å². The van der Waals surface area contributed by atoms with Gasteiger partial charge in [0.25, 0.3) is 11.1 Å². The molecule has 1 saturated heterocycles. The smallest absolute Gasteiger partial charge is 0.410 e. The van der Waals surface area contributed by atoms with Crippen LogP contribution in [0.3, 0.4) is 0 Å². The van der Waals surface area contributed by atoms with Gasteiger partial charge >= 0.3 is 11.8 Å². The summed E-state index contributed by atoms with van der Waals surface area (Å²) in [6.45, 7) is 7.27. The van der Waals surface area contributed by atoms with E-state index in [1.54, 1.807) is 33.8 Å². The summed E-state index contributed by atoms with van der Waals surface area (Å²) in [6.07, 6.45) is 0.884. The van der Waals surface area contributed by atoms with Gasteiger partial charge in [-0.2, -0.15) is 0 Å². The molecule has 10 nitrogen and oxygen atoms in total. The van der Waals surface area contributed by atoms with Crippen LogP contribution in [0.15, 0.2) is 32.6 Å². The lowest BCUT2D eigenvalue weighted by molar-refractivity contribution is 0.000868. The van der Waals surface area contributed by atoms with E-state index in [0.29, 0.717) is 16.4 Å². The van der Waals surface area contributed by atoms with Crippen molar-refractivity contribution >= 4 is 51.1 Å². The van der Waals surface area contributed by atoms with Crippen LogP contribution in [0, 0.1) is 16.3 Å². The maximum absolute atomic E-state index is 14.8. The van der Waals surface area contributed by atoms with E-state index in [1.807, 2.05) is 22.6 Å². The molecule has 0 atom stereocenters. The molecule has 0 spiro atoms. The van der Waals surface area contributed by atoms with E-state index in [2.05, 4.69) is 5.32 Å². The summed E-state index contributed by atoms with van der Waals surface area (Å²) in [7, 11) is 1.51. The third-order valence-corrected chi connectivity index (χ3v) is 7.52. The Morgan fingerprint density at radius 1 is 1.08 bits per heavy atom. The number of hydrogen-bond donors (Lipinski definition) is 1. The number of pyridine rings is 1. The summed E-state index contributed by atoms with van der Waals surface area (Å²) in [6, 6.07) is 3.88. The standard InChI is InChI=1S/C26H29FIN5O5/c1-13-20-19(21(30(5)22(13)34)29-18-9-6-14(28)10-17(18)27)23(35)33(15-7-8-15)24(36)32(20)16-11-31(12-16)25(37)38-26(2,3)4/h6,9-10,15-16,29H,7-8,11-12H2,1-5H3. The van der Waals surface area contributed by atoms with Gasteiger partial charge in [0, 0.05) is 35.3 Å². The van der Waals surface area contributed by atoms with Gasteiger partial charge in [-0.3, -0.25) is 23.3 Å². The number of hydrogen-bond acceptors (Lipinski definition) is 6. The Bertz CT molecular complexity index is 1660. The van der Waals surface area contributed by atoms with Gasteiger partial charge in [0.05, 0.1) is 17.2 Å². The molecule has 12 heteroatoms. The lowest BCUT2D eigenvalue weighted by atomic mass is 10.1.